The van der Waals surface area contributed by atoms with Crippen LogP contribution in [0.3, 0.4) is 0 Å². The molecule has 0 saturated carbocycles. The smallest absolute Gasteiger partial charge is 0.0991 e. The molecular formula is C56H39BrN4. The summed E-state index contributed by atoms with van der Waals surface area (Å²) in [6.07, 6.45) is 0. The maximum absolute atomic E-state index is 9.27. The van der Waals surface area contributed by atoms with Crippen molar-refractivity contribution in [3.63, 3.8) is 0 Å². The lowest BCUT2D eigenvalue weighted by atomic mass is 10.0. The monoisotopic (exact) mass is 846 g/mol. The highest BCUT2D eigenvalue weighted by Gasteiger charge is 2.16. The molecule has 0 unspecified atom stereocenters. The Labute approximate surface area is 365 Å². The Balaban J connectivity index is 0.000000273. The maximum atomic E-state index is 9.27. The Hall–Kier alpha value is -7.96. The van der Waals surface area contributed by atoms with Crippen molar-refractivity contribution in [3.05, 3.63) is 228 Å². The molecule has 5 heteroatoms. The van der Waals surface area contributed by atoms with Gasteiger partial charge in [-0.05, 0) is 124 Å². The SMILES string of the molecule is N#Cc1ccc(-c2cccc(-n3c4ccccc4c4ccc(-c5ccc6c(c5)c5ccccc5n6-c5ccccc5)cc43)c2)cc1.N#Cc1ccc(-c2cccc(Br)c2)cc1.[HH].[HH]. The molecule has 0 fully saturated rings. The molecule has 11 rings (SSSR count). The molecule has 0 radical (unpaired) electrons. The van der Waals surface area contributed by atoms with Crippen molar-refractivity contribution < 1.29 is 2.85 Å². The summed E-state index contributed by atoms with van der Waals surface area (Å²) in [5.74, 6) is 0. The Morgan fingerprint density at radius 1 is 0.328 bits per heavy atom. The highest BCUT2D eigenvalue weighted by Crippen LogP contribution is 2.38. The number of rotatable bonds is 5. The van der Waals surface area contributed by atoms with Gasteiger partial charge in [-0.25, -0.2) is 0 Å². The number of para-hydroxylation sites is 3. The fourth-order valence-corrected chi connectivity index (χ4v) is 8.80. The van der Waals surface area contributed by atoms with Crippen molar-refractivity contribution in [2.75, 3.05) is 0 Å². The maximum Gasteiger partial charge on any atom is 0.0991 e. The van der Waals surface area contributed by atoms with Crippen molar-refractivity contribution in [2.45, 2.75) is 0 Å². The molecule has 0 saturated heterocycles. The average molecular weight is 848 g/mol. The van der Waals surface area contributed by atoms with Gasteiger partial charge in [0, 0.05) is 40.2 Å². The number of nitrogens with zero attached hydrogens (tertiary/aromatic N) is 4. The normalized spacial score (nSPS) is 11.0. The van der Waals surface area contributed by atoms with E-state index in [4.69, 9.17) is 5.26 Å². The largest absolute Gasteiger partial charge is 0.309 e. The zero-order chi connectivity index (χ0) is 41.3. The molecule has 0 amide bonds. The zero-order valence-corrected chi connectivity index (χ0v) is 34.5. The van der Waals surface area contributed by atoms with E-state index in [-0.39, 0.29) is 2.85 Å². The fourth-order valence-electron chi connectivity index (χ4n) is 8.40. The van der Waals surface area contributed by atoms with Crippen LogP contribution in [0, 0.1) is 22.7 Å². The van der Waals surface area contributed by atoms with Crippen molar-refractivity contribution in [1.29, 1.82) is 10.5 Å². The Kier molecular flexibility index (Phi) is 9.79. The molecule has 4 nitrogen and oxygen atoms in total. The van der Waals surface area contributed by atoms with E-state index in [0.29, 0.717) is 11.1 Å². The van der Waals surface area contributed by atoms with Gasteiger partial charge in [-0.1, -0.05) is 137 Å². The van der Waals surface area contributed by atoms with Crippen LogP contribution in [0.1, 0.15) is 14.0 Å². The third-order valence-corrected chi connectivity index (χ3v) is 11.8. The van der Waals surface area contributed by atoms with Crippen molar-refractivity contribution >= 4 is 59.5 Å². The Morgan fingerprint density at radius 3 is 1.43 bits per heavy atom. The van der Waals surface area contributed by atoms with Crippen LogP contribution in [0.25, 0.3) is 88.4 Å². The summed E-state index contributed by atoms with van der Waals surface area (Å²) in [5.41, 5.74) is 15.2. The van der Waals surface area contributed by atoms with E-state index in [0.717, 1.165) is 38.1 Å². The van der Waals surface area contributed by atoms with Crippen LogP contribution in [-0.2, 0) is 0 Å². The summed E-state index contributed by atoms with van der Waals surface area (Å²) in [7, 11) is 0. The van der Waals surface area contributed by atoms with Gasteiger partial charge >= 0.3 is 0 Å². The lowest BCUT2D eigenvalue weighted by Gasteiger charge is -2.11. The average Bonchev–Trinajstić information content (AvgIpc) is 3.84. The van der Waals surface area contributed by atoms with E-state index in [1.165, 1.54) is 54.7 Å². The van der Waals surface area contributed by atoms with E-state index in [1.807, 2.05) is 66.7 Å². The zero-order valence-electron chi connectivity index (χ0n) is 32.9. The molecule has 0 aliphatic carbocycles. The molecule has 2 heterocycles. The second-order valence-corrected chi connectivity index (χ2v) is 15.9. The van der Waals surface area contributed by atoms with E-state index in [1.54, 1.807) is 0 Å². The molecule has 61 heavy (non-hydrogen) atoms. The number of hydrogen-bond acceptors (Lipinski definition) is 2. The number of benzene rings is 9. The van der Waals surface area contributed by atoms with Gasteiger partial charge in [-0.2, -0.15) is 10.5 Å². The van der Waals surface area contributed by atoms with Gasteiger partial charge in [0.15, 0.2) is 0 Å². The summed E-state index contributed by atoms with van der Waals surface area (Å²) in [6, 6.07) is 78.1. The first-order chi connectivity index (χ1) is 30.1. The molecule has 0 bridgehead atoms. The summed E-state index contributed by atoms with van der Waals surface area (Å²) in [6.45, 7) is 0. The Morgan fingerprint density at radius 2 is 0.787 bits per heavy atom. The molecule has 11 aromatic rings. The molecule has 0 aliphatic heterocycles. The number of halogens is 1. The quantitative estimate of drug-likeness (QED) is 0.173. The van der Waals surface area contributed by atoms with Crippen molar-refractivity contribution in [2.24, 2.45) is 0 Å². The summed E-state index contributed by atoms with van der Waals surface area (Å²) >= 11 is 3.44. The highest BCUT2D eigenvalue weighted by molar-refractivity contribution is 9.10. The molecule has 0 N–H and O–H groups in total. The predicted octanol–water partition coefficient (Wildman–Crippen LogP) is 15.6. The third kappa shape index (κ3) is 7.04. The third-order valence-electron chi connectivity index (χ3n) is 11.3. The van der Waals surface area contributed by atoms with Crippen LogP contribution in [-0.4, -0.2) is 9.13 Å². The van der Waals surface area contributed by atoms with E-state index in [9.17, 15) is 5.26 Å². The minimum absolute atomic E-state index is 0. The number of hydrogen-bond donors (Lipinski definition) is 0. The summed E-state index contributed by atoms with van der Waals surface area (Å²) in [4.78, 5) is 0. The minimum Gasteiger partial charge on any atom is -0.309 e. The van der Waals surface area contributed by atoms with Gasteiger partial charge < -0.3 is 9.13 Å². The lowest BCUT2D eigenvalue weighted by Crippen LogP contribution is -1.94. The van der Waals surface area contributed by atoms with Crippen LogP contribution in [0.5, 0.6) is 0 Å². The first kappa shape index (κ1) is 37.3. The lowest BCUT2D eigenvalue weighted by molar-refractivity contribution is 1.18. The van der Waals surface area contributed by atoms with Gasteiger partial charge in [0.1, 0.15) is 0 Å². The predicted molar refractivity (Wildman–Crippen MR) is 259 cm³/mol. The standard InChI is InChI=1S/C43H27N3.C13H8BrN.2H2/c44-28-29-17-19-30(20-18-29)31-9-8-12-35(25-31)46-40-15-6-4-13-36(40)38-23-21-33(27-43(38)46)32-22-24-42-39(26-32)37-14-5-7-16-41(37)45(42)34-10-2-1-3-11-34;14-13-3-1-2-12(8-13)11-6-4-10(9-15)5-7-11;;/h1-27H;1-8H;2*1H. The van der Waals surface area contributed by atoms with Gasteiger partial charge in [-0.3, -0.25) is 0 Å². The van der Waals surface area contributed by atoms with Crippen LogP contribution in [0.15, 0.2) is 217 Å². The molecule has 0 spiro atoms. The van der Waals surface area contributed by atoms with E-state index in [2.05, 4.69) is 183 Å². The molecule has 2 aromatic heterocycles. The van der Waals surface area contributed by atoms with Crippen LogP contribution in [0.4, 0.5) is 0 Å². The fraction of sp³-hybridized carbons (Fsp3) is 0. The summed E-state index contributed by atoms with van der Waals surface area (Å²) in [5, 5.41) is 22.9. The van der Waals surface area contributed by atoms with E-state index >= 15 is 0 Å². The van der Waals surface area contributed by atoms with E-state index < -0.39 is 0 Å². The first-order valence-corrected chi connectivity index (χ1v) is 20.8. The van der Waals surface area contributed by atoms with Crippen molar-refractivity contribution in [3.8, 4) is 56.9 Å². The van der Waals surface area contributed by atoms with Crippen LogP contribution < -0.4 is 0 Å². The molecule has 0 aliphatic rings. The number of nitriles is 2. The number of fused-ring (bicyclic) bond motifs is 6. The van der Waals surface area contributed by atoms with Gasteiger partial charge in [-0.15, -0.1) is 0 Å². The first-order valence-electron chi connectivity index (χ1n) is 20.1. The molecule has 290 valence electrons. The van der Waals surface area contributed by atoms with Crippen LogP contribution >= 0.6 is 15.9 Å². The summed E-state index contributed by atoms with van der Waals surface area (Å²) < 4.78 is 5.79. The molecular weight excluding hydrogens is 809 g/mol. The highest BCUT2D eigenvalue weighted by atomic mass is 79.9. The molecule has 0 atom stereocenters. The minimum atomic E-state index is 0. The Bertz CT molecular complexity index is 3500. The van der Waals surface area contributed by atoms with Crippen molar-refractivity contribution in [1.82, 2.24) is 9.13 Å². The van der Waals surface area contributed by atoms with Gasteiger partial charge in [0.05, 0.1) is 45.3 Å². The second-order valence-electron chi connectivity index (χ2n) is 14.9. The van der Waals surface area contributed by atoms with Gasteiger partial charge in [0.25, 0.3) is 0 Å². The second kappa shape index (κ2) is 16.0. The van der Waals surface area contributed by atoms with Gasteiger partial charge in [0.2, 0.25) is 0 Å². The molecule has 9 aromatic carbocycles. The van der Waals surface area contributed by atoms with Crippen LogP contribution in [0.2, 0.25) is 0 Å². The topological polar surface area (TPSA) is 57.4 Å². The number of aromatic nitrogens is 2.